The molecule has 0 aliphatic rings. The van der Waals surface area contributed by atoms with E-state index in [1.54, 1.807) is 0 Å². The molecule has 12 heteroatoms. The SMILES string of the molecule is COC(CO)CSc1c(-c2ccc(F)c(Cl)c2)c(C(F)(F)F)cc2c(=O)[nH]c(=O)[nH]c12. The first kappa shape index (κ1) is 23.3. The zero-order valence-corrected chi connectivity index (χ0v) is 17.3. The number of aliphatic hydroxyl groups excluding tert-OH is 1. The Morgan fingerprint density at radius 2 is 1.94 bits per heavy atom. The normalized spacial score (nSPS) is 13.0. The maximum absolute atomic E-state index is 14.0. The highest BCUT2D eigenvalue weighted by Gasteiger charge is 2.37. The second kappa shape index (κ2) is 9.03. The minimum Gasteiger partial charge on any atom is -0.394 e. The van der Waals surface area contributed by atoms with Gasteiger partial charge in [-0.15, -0.1) is 11.8 Å². The highest BCUT2D eigenvalue weighted by Crippen LogP contribution is 2.45. The summed E-state index contributed by atoms with van der Waals surface area (Å²) >= 11 is 6.64. The van der Waals surface area contributed by atoms with E-state index in [1.807, 2.05) is 4.98 Å². The van der Waals surface area contributed by atoms with Gasteiger partial charge in [0.15, 0.2) is 0 Å². The van der Waals surface area contributed by atoms with E-state index in [9.17, 15) is 32.3 Å². The van der Waals surface area contributed by atoms with E-state index in [4.69, 9.17) is 16.3 Å². The Morgan fingerprint density at radius 1 is 1.23 bits per heavy atom. The molecule has 1 heterocycles. The summed E-state index contributed by atoms with van der Waals surface area (Å²) in [6.45, 7) is -0.408. The van der Waals surface area contributed by atoms with Gasteiger partial charge in [0, 0.05) is 23.3 Å². The number of rotatable bonds is 6. The number of hydrogen-bond donors (Lipinski definition) is 3. The second-order valence-corrected chi connectivity index (χ2v) is 7.87. The van der Waals surface area contributed by atoms with Gasteiger partial charge >= 0.3 is 11.9 Å². The Bertz CT molecular complexity index is 1240. The third-order valence-corrected chi connectivity index (χ3v) is 5.98. The van der Waals surface area contributed by atoms with Crippen LogP contribution in [-0.2, 0) is 10.9 Å². The van der Waals surface area contributed by atoms with E-state index in [2.05, 4.69) is 4.98 Å². The lowest BCUT2D eigenvalue weighted by atomic mass is 9.97. The summed E-state index contributed by atoms with van der Waals surface area (Å²) in [5, 5.41) is 8.57. The highest BCUT2D eigenvalue weighted by atomic mass is 35.5. The minimum absolute atomic E-state index is 0.000166. The van der Waals surface area contributed by atoms with Crippen molar-refractivity contribution >= 4 is 34.3 Å². The lowest BCUT2D eigenvalue weighted by Gasteiger charge is -2.20. The van der Waals surface area contributed by atoms with Crippen molar-refractivity contribution in [2.45, 2.75) is 17.2 Å². The fourth-order valence-corrected chi connectivity index (χ4v) is 4.41. The Morgan fingerprint density at radius 3 is 2.52 bits per heavy atom. The lowest BCUT2D eigenvalue weighted by Crippen LogP contribution is -2.24. The molecule has 166 valence electrons. The van der Waals surface area contributed by atoms with Crippen LogP contribution in [0.15, 0.2) is 38.8 Å². The number of halogens is 5. The predicted octanol–water partition coefficient (Wildman–Crippen LogP) is 3.79. The molecule has 2 aromatic carbocycles. The van der Waals surface area contributed by atoms with Crippen molar-refractivity contribution in [1.82, 2.24) is 9.97 Å². The number of aromatic amines is 2. The Hall–Kier alpha value is -2.34. The maximum Gasteiger partial charge on any atom is 0.417 e. The fourth-order valence-electron chi connectivity index (χ4n) is 2.95. The molecule has 0 spiro atoms. The van der Waals surface area contributed by atoms with Gasteiger partial charge in [-0.05, 0) is 23.8 Å². The number of benzene rings is 2. The van der Waals surface area contributed by atoms with Crippen molar-refractivity contribution in [2.24, 2.45) is 0 Å². The summed E-state index contributed by atoms with van der Waals surface area (Å²) in [5.74, 6) is -0.821. The van der Waals surface area contributed by atoms with Crippen molar-refractivity contribution in [3.8, 4) is 11.1 Å². The van der Waals surface area contributed by atoms with E-state index in [0.29, 0.717) is 6.07 Å². The monoisotopic (exact) mass is 478 g/mol. The molecular formula is C19H15ClF4N2O4S. The summed E-state index contributed by atoms with van der Waals surface area (Å²) in [4.78, 5) is 28.3. The van der Waals surface area contributed by atoms with Gasteiger partial charge < -0.3 is 14.8 Å². The molecule has 6 nitrogen and oxygen atoms in total. The molecule has 0 saturated carbocycles. The standard InChI is InChI=1S/C19H15ClF4N2O4S/c1-30-9(6-27)7-31-16-14(8-2-3-13(21)12(20)4-8)11(19(22,23)24)5-10-15(16)25-18(29)26-17(10)28/h2-5,9,27H,6-7H2,1H3,(H2,25,26,28,29). The molecule has 31 heavy (non-hydrogen) atoms. The van der Waals surface area contributed by atoms with Crippen LogP contribution in [-0.4, -0.2) is 40.6 Å². The van der Waals surface area contributed by atoms with E-state index in [-0.39, 0.29) is 32.7 Å². The van der Waals surface area contributed by atoms with Crippen LogP contribution in [0.2, 0.25) is 5.02 Å². The first-order valence-corrected chi connectivity index (χ1v) is 10.1. The van der Waals surface area contributed by atoms with Crippen LogP contribution in [0.25, 0.3) is 22.0 Å². The van der Waals surface area contributed by atoms with E-state index >= 15 is 0 Å². The first-order valence-electron chi connectivity index (χ1n) is 8.69. The van der Waals surface area contributed by atoms with Crippen LogP contribution < -0.4 is 11.2 Å². The van der Waals surface area contributed by atoms with Crippen molar-refractivity contribution < 1.29 is 27.4 Å². The molecule has 0 amide bonds. The van der Waals surface area contributed by atoms with Crippen molar-refractivity contribution in [1.29, 1.82) is 0 Å². The maximum atomic E-state index is 14.0. The zero-order valence-electron chi connectivity index (χ0n) is 15.8. The molecule has 0 aliphatic heterocycles. The van der Waals surface area contributed by atoms with Gasteiger partial charge in [0.1, 0.15) is 5.82 Å². The van der Waals surface area contributed by atoms with Gasteiger partial charge in [-0.2, -0.15) is 13.2 Å². The number of alkyl halides is 3. The number of aromatic nitrogens is 2. The number of hydrogen-bond acceptors (Lipinski definition) is 5. The molecule has 0 radical (unpaired) electrons. The van der Waals surface area contributed by atoms with Crippen molar-refractivity contribution in [2.75, 3.05) is 19.5 Å². The third-order valence-electron chi connectivity index (χ3n) is 4.46. The lowest BCUT2D eigenvalue weighted by molar-refractivity contribution is -0.137. The largest absolute Gasteiger partial charge is 0.417 e. The van der Waals surface area contributed by atoms with Gasteiger partial charge in [-0.25, -0.2) is 9.18 Å². The molecule has 0 aliphatic carbocycles. The Balaban J connectivity index is 2.43. The fraction of sp³-hybridized carbons (Fsp3) is 0.263. The summed E-state index contributed by atoms with van der Waals surface area (Å²) in [6, 6.07) is 3.69. The highest BCUT2D eigenvalue weighted by molar-refractivity contribution is 7.99. The van der Waals surface area contributed by atoms with Crippen LogP contribution in [0.3, 0.4) is 0 Å². The number of ether oxygens (including phenoxy) is 1. The summed E-state index contributed by atoms with van der Waals surface area (Å²) in [7, 11) is 1.32. The van der Waals surface area contributed by atoms with Crippen LogP contribution >= 0.6 is 23.4 Å². The summed E-state index contributed by atoms with van der Waals surface area (Å²) in [5.41, 5.74) is -3.66. The average molecular weight is 479 g/mol. The molecule has 0 saturated heterocycles. The minimum atomic E-state index is -4.89. The van der Waals surface area contributed by atoms with Crippen molar-refractivity contribution in [3.63, 3.8) is 0 Å². The molecule has 0 bridgehead atoms. The number of methoxy groups -OCH3 is 1. The molecule has 3 rings (SSSR count). The second-order valence-electron chi connectivity index (χ2n) is 6.44. The molecule has 0 fully saturated rings. The topological polar surface area (TPSA) is 95.2 Å². The van der Waals surface area contributed by atoms with Gasteiger partial charge in [0.2, 0.25) is 0 Å². The number of H-pyrrole nitrogens is 2. The third kappa shape index (κ3) is 4.79. The molecule has 3 aromatic rings. The quantitative estimate of drug-likeness (QED) is 0.370. The van der Waals surface area contributed by atoms with Crippen LogP contribution in [0.1, 0.15) is 5.56 Å². The first-order chi connectivity index (χ1) is 14.6. The van der Waals surface area contributed by atoms with Gasteiger partial charge in [-0.1, -0.05) is 17.7 Å². The Kier molecular flexibility index (Phi) is 6.79. The number of nitrogens with one attached hydrogen (secondary N) is 2. The van der Waals surface area contributed by atoms with Gasteiger partial charge in [0.25, 0.3) is 5.56 Å². The van der Waals surface area contributed by atoms with Crippen LogP contribution in [0, 0.1) is 5.82 Å². The summed E-state index contributed by atoms with van der Waals surface area (Å²) < 4.78 is 60.7. The van der Waals surface area contributed by atoms with Gasteiger partial charge in [0.05, 0.1) is 34.2 Å². The smallest absolute Gasteiger partial charge is 0.394 e. The molecule has 1 unspecified atom stereocenters. The van der Waals surface area contributed by atoms with Gasteiger partial charge in [-0.3, -0.25) is 9.78 Å². The Labute approximate surface area is 181 Å². The predicted molar refractivity (Wildman–Crippen MR) is 109 cm³/mol. The number of thioether (sulfide) groups is 1. The molecule has 1 atom stereocenters. The number of aliphatic hydroxyl groups is 1. The number of fused-ring (bicyclic) bond motifs is 1. The molecular weight excluding hydrogens is 464 g/mol. The van der Waals surface area contributed by atoms with E-state index < -0.39 is 46.5 Å². The van der Waals surface area contributed by atoms with E-state index in [1.165, 1.54) is 7.11 Å². The molecule has 3 N–H and O–H groups in total. The summed E-state index contributed by atoms with van der Waals surface area (Å²) in [6.07, 6.45) is -5.62. The average Bonchev–Trinajstić information content (AvgIpc) is 2.69. The molecule has 1 aromatic heterocycles. The van der Waals surface area contributed by atoms with Crippen molar-refractivity contribution in [3.05, 3.63) is 61.5 Å². The van der Waals surface area contributed by atoms with Crippen LogP contribution in [0.5, 0.6) is 0 Å². The van der Waals surface area contributed by atoms with Crippen LogP contribution in [0.4, 0.5) is 17.6 Å². The van der Waals surface area contributed by atoms with E-state index in [0.717, 1.165) is 30.0 Å². The zero-order chi connectivity index (χ0) is 22.9.